The van der Waals surface area contributed by atoms with E-state index in [1.807, 2.05) is 35.2 Å². The van der Waals surface area contributed by atoms with Crippen molar-refractivity contribution < 1.29 is 13.2 Å². The first-order chi connectivity index (χ1) is 11.4. The fraction of sp³-hybridized carbons (Fsp3) is 0.611. The lowest BCUT2D eigenvalue weighted by atomic mass is 9.97. The monoisotopic (exact) mass is 350 g/mol. The quantitative estimate of drug-likeness (QED) is 0.842. The van der Waals surface area contributed by atoms with E-state index < -0.39 is 15.3 Å². The van der Waals surface area contributed by atoms with Gasteiger partial charge in [0.15, 0.2) is 0 Å². The number of nitrogens with zero attached hydrogens (tertiary/aromatic N) is 2. The molecule has 24 heavy (non-hydrogen) atoms. The highest BCUT2D eigenvalue weighted by Gasteiger charge is 2.41. The average molecular weight is 350 g/mol. The molecule has 2 saturated heterocycles. The second kappa shape index (κ2) is 6.84. The zero-order valence-corrected chi connectivity index (χ0v) is 15.2. The molecule has 3 unspecified atom stereocenters. The summed E-state index contributed by atoms with van der Waals surface area (Å²) in [4.78, 5) is 14.6. The van der Waals surface area contributed by atoms with E-state index in [1.54, 1.807) is 0 Å². The van der Waals surface area contributed by atoms with Crippen molar-refractivity contribution in [1.29, 1.82) is 0 Å². The van der Waals surface area contributed by atoms with E-state index >= 15 is 0 Å². The van der Waals surface area contributed by atoms with E-state index in [9.17, 15) is 13.2 Å². The molecule has 2 aliphatic rings. The summed E-state index contributed by atoms with van der Waals surface area (Å²) in [6.45, 7) is 4.50. The Morgan fingerprint density at radius 2 is 1.71 bits per heavy atom. The largest absolute Gasteiger partial charge is 0.336 e. The normalized spacial score (nSPS) is 30.4. The van der Waals surface area contributed by atoms with Crippen molar-refractivity contribution in [3.05, 3.63) is 35.9 Å². The third-order valence-corrected chi connectivity index (χ3v) is 7.58. The van der Waals surface area contributed by atoms with Gasteiger partial charge in [0.2, 0.25) is 15.9 Å². The van der Waals surface area contributed by atoms with Gasteiger partial charge in [-0.15, -0.1) is 0 Å². The lowest BCUT2D eigenvalue weighted by Crippen LogP contribution is -2.51. The molecule has 3 atom stereocenters. The van der Waals surface area contributed by atoms with Crippen LogP contribution in [0.1, 0.15) is 50.3 Å². The van der Waals surface area contributed by atoms with Gasteiger partial charge in [0.25, 0.3) is 0 Å². The van der Waals surface area contributed by atoms with E-state index in [0.29, 0.717) is 13.0 Å². The molecule has 2 heterocycles. The zero-order chi connectivity index (χ0) is 17.3. The molecule has 1 aromatic carbocycles. The smallest absolute Gasteiger partial charge is 0.238 e. The first-order valence-corrected chi connectivity index (χ1v) is 10.3. The number of carbonyl (C=O) groups excluding carboxylic acids is 1. The Kier molecular flexibility index (Phi) is 4.97. The summed E-state index contributed by atoms with van der Waals surface area (Å²) < 4.78 is 27.0. The number of sulfonamides is 1. The van der Waals surface area contributed by atoms with Crippen LogP contribution in [-0.4, -0.2) is 48.7 Å². The molecular formula is C18H26N2O3S. The van der Waals surface area contributed by atoms with Gasteiger partial charge in [-0.3, -0.25) is 4.79 Å². The summed E-state index contributed by atoms with van der Waals surface area (Å²) in [7, 11) is -3.46. The number of likely N-dealkylation sites (tertiary alicyclic amines) is 1. The van der Waals surface area contributed by atoms with Crippen LogP contribution in [0.25, 0.3) is 0 Å². The summed E-state index contributed by atoms with van der Waals surface area (Å²) in [5.74, 6) is -0.0630. The number of rotatable bonds is 3. The summed E-state index contributed by atoms with van der Waals surface area (Å²) in [6, 6.07) is 9.68. The van der Waals surface area contributed by atoms with Gasteiger partial charge in [-0.05, 0) is 45.1 Å². The lowest BCUT2D eigenvalue weighted by Gasteiger charge is -2.39. The molecule has 0 aromatic heterocycles. The van der Waals surface area contributed by atoms with E-state index in [0.717, 1.165) is 24.8 Å². The van der Waals surface area contributed by atoms with Gasteiger partial charge < -0.3 is 4.90 Å². The van der Waals surface area contributed by atoms with Gasteiger partial charge in [-0.25, -0.2) is 8.42 Å². The van der Waals surface area contributed by atoms with Gasteiger partial charge in [0, 0.05) is 18.6 Å². The predicted octanol–water partition coefficient (Wildman–Crippen LogP) is 2.55. The average Bonchev–Trinajstić information content (AvgIpc) is 2.83. The Balaban J connectivity index is 1.73. The molecule has 0 spiro atoms. The minimum atomic E-state index is -3.46. The number of amides is 1. The van der Waals surface area contributed by atoms with Crippen LogP contribution in [0, 0.1) is 0 Å². The van der Waals surface area contributed by atoms with Gasteiger partial charge >= 0.3 is 0 Å². The molecule has 132 valence electrons. The Morgan fingerprint density at radius 3 is 2.33 bits per heavy atom. The van der Waals surface area contributed by atoms with Gasteiger partial charge in [0.1, 0.15) is 5.25 Å². The number of hydrogen-bond acceptors (Lipinski definition) is 3. The van der Waals surface area contributed by atoms with Crippen LogP contribution in [0.15, 0.2) is 30.3 Å². The maximum absolute atomic E-state index is 12.8. The SMILES string of the molecule is CC1CCCC(C)N1C(=O)CN1CCC(c2ccccc2)S1(=O)=O. The summed E-state index contributed by atoms with van der Waals surface area (Å²) in [5.41, 5.74) is 0.812. The number of benzene rings is 1. The molecular weight excluding hydrogens is 324 g/mol. The molecule has 2 fully saturated rings. The molecule has 5 nitrogen and oxygen atoms in total. The van der Waals surface area contributed by atoms with Crippen molar-refractivity contribution >= 4 is 15.9 Å². The van der Waals surface area contributed by atoms with E-state index in [2.05, 4.69) is 13.8 Å². The fourth-order valence-corrected chi connectivity index (χ4v) is 5.95. The van der Waals surface area contributed by atoms with Crippen molar-refractivity contribution in [2.24, 2.45) is 0 Å². The van der Waals surface area contributed by atoms with Crippen LogP contribution in [0.2, 0.25) is 0 Å². The van der Waals surface area contributed by atoms with Crippen molar-refractivity contribution in [2.75, 3.05) is 13.1 Å². The standard InChI is InChI=1S/C18H26N2O3S/c1-14-7-6-8-15(2)20(14)18(21)13-19-12-11-17(24(19,22)23)16-9-4-3-5-10-16/h3-5,9-10,14-15,17H,6-8,11-13H2,1-2H3. The Labute approximate surface area is 144 Å². The van der Waals surface area contributed by atoms with Crippen molar-refractivity contribution in [1.82, 2.24) is 9.21 Å². The second-order valence-electron chi connectivity index (χ2n) is 7.00. The minimum Gasteiger partial charge on any atom is -0.336 e. The lowest BCUT2D eigenvalue weighted by molar-refractivity contribution is -0.137. The Bertz CT molecular complexity index is 679. The third-order valence-electron chi connectivity index (χ3n) is 5.32. The fourth-order valence-electron chi connectivity index (χ4n) is 4.04. The van der Waals surface area contributed by atoms with E-state index in [-0.39, 0.29) is 24.5 Å². The molecule has 2 aliphatic heterocycles. The van der Waals surface area contributed by atoms with Crippen LogP contribution in [0.4, 0.5) is 0 Å². The highest BCUT2D eigenvalue weighted by Crippen LogP contribution is 2.35. The number of piperidine rings is 1. The molecule has 0 bridgehead atoms. The van der Waals surface area contributed by atoms with Crippen LogP contribution in [-0.2, 0) is 14.8 Å². The maximum atomic E-state index is 12.8. The molecule has 0 radical (unpaired) electrons. The first-order valence-electron chi connectivity index (χ1n) is 8.76. The molecule has 0 N–H and O–H groups in total. The summed E-state index contributed by atoms with van der Waals surface area (Å²) >= 11 is 0. The highest BCUT2D eigenvalue weighted by molar-refractivity contribution is 7.89. The van der Waals surface area contributed by atoms with Gasteiger partial charge in [-0.1, -0.05) is 30.3 Å². The van der Waals surface area contributed by atoms with Crippen molar-refractivity contribution in [3.8, 4) is 0 Å². The predicted molar refractivity (Wildman–Crippen MR) is 93.9 cm³/mol. The van der Waals surface area contributed by atoms with Crippen molar-refractivity contribution in [2.45, 2.75) is 56.9 Å². The molecule has 1 amide bonds. The number of carbonyl (C=O) groups is 1. The van der Waals surface area contributed by atoms with E-state index in [1.165, 1.54) is 4.31 Å². The van der Waals surface area contributed by atoms with Gasteiger partial charge in [-0.2, -0.15) is 4.31 Å². The minimum absolute atomic E-state index is 0.0274. The van der Waals surface area contributed by atoms with Crippen molar-refractivity contribution in [3.63, 3.8) is 0 Å². The maximum Gasteiger partial charge on any atom is 0.238 e. The Hall–Kier alpha value is -1.40. The van der Waals surface area contributed by atoms with Crippen LogP contribution < -0.4 is 0 Å². The van der Waals surface area contributed by atoms with Gasteiger partial charge in [0.05, 0.1) is 6.54 Å². The molecule has 0 saturated carbocycles. The molecule has 0 aliphatic carbocycles. The first kappa shape index (κ1) is 17.4. The third kappa shape index (κ3) is 3.22. The summed E-state index contributed by atoms with van der Waals surface area (Å²) in [5, 5.41) is -0.525. The molecule has 6 heteroatoms. The Morgan fingerprint density at radius 1 is 1.08 bits per heavy atom. The van der Waals surface area contributed by atoms with Crippen LogP contribution in [0.5, 0.6) is 0 Å². The van der Waals surface area contributed by atoms with Crippen LogP contribution in [0.3, 0.4) is 0 Å². The topological polar surface area (TPSA) is 57.7 Å². The molecule has 3 rings (SSSR count). The second-order valence-corrected chi connectivity index (χ2v) is 9.11. The van der Waals surface area contributed by atoms with Crippen LogP contribution >= 0.6 is 0 Å². The molecule has 1 aromatic rings. The van der Waals surface area contributed by atoms with E-state index in [4.69, 9.17) is 0 Å². The zero-order valence-electron chi connectivity index (χ0n) is 14.4. The highest BCUT2D eigenvalue weighted by atomic mass is 32.2. The summed E-state index contributed by atoms with van der Waals surface area (Å²) in [6.07, 6.45) is 3.67. The number of hydrogen-bond donors (Lipinski definition) is 0.